The first-order chi connectivity index (χ1) is 5.24. The van der Waals surface area contributed by atoms with Crippen LogP contribution in [0.3, 0.4) is 0 Å². The van der Waals surface area contributed by atoms with Crippen LogP contribution in [0.4, 0.5) is 0 Å². The van der Waals surface area contributed by atoms with E-state index in [4.69, 9.17) is 23.2 Å². The van der Waals surface area contributed by atoms with Crippen LogP contribution in [0.1, 0.15) is 4.88 Å². The summed E-state index contributed by atoms with van der Waals surface area (Å²) in [6.45, 7) is 0. The van der Waals surface area contributed by atoms with Gasteiger partial charge in [-0.2, -0.15) is 0 Å². The van der Waals surface area contributed by atoms with E-state index in [1.54, 1.807) is 0 Å². The third kappa shape index (κ3) is 2.75. The first kappa shape index (κ1) is 9.52. The van der Waals surface area contributed by atoms with E-state index in [0.29, 0.717) is 9.62 Å². The maximum absolute atomic E-state index is 5.73. The first-order valence-electron chi connectivity index (χ1n) is 2.78. The van der Waals surface area contributed by atoms with Crippen LogP contribution in [0.15, 0.2) is 6.08 Å². The van der Waals surface area contributed by atoms with Crippen LogP contribution < -0.4 is 0 Å². The summed E-state index contributed by atoms with van der Waals surface area (Å²) in [7, 11) is 0. The number of rotatable bonds is 2. The highest BCUT2D eigenvalue weighted by atomic mass is 79.9. The predicted molar refractivity (Wildman–Crippen MR) is 55.0 cm³/mol. The molecule has 0 saturated heterocycles. The second-order valence-corrected chi connectivity index (χ2v) is 4.30. The van der Waals surface area contributed by atoms with E-state index in [1.165, 1.54) is 11.3 Å². The van der Waals surface area contributed by atoms with E-state index in [1.807, 2.05) is 12.2 Å². The predicted octanol–water partition coefficient (Wildman–Crippen LogP) is 3.86. The fourth-order valence-corrected chi connectivity index (χ4v) is 2.03. The van der Waals surface area contributed by atoms with E-state index in [0.717, 1.165) is 10.2 Å². The minimum Gasteiger partial charge on any atom is -0.212 e. The Morgan fingerprint density at radius 2 is 2.27 bits per heavy atom. The van der Waals surface area contributed by atoms with E-state index in [9.17, 15) is 0 Å². The Bertz CT molecular complexity index is 272. The molecule has 0 N–H and O–H groups in total. The van der Waals surface area contributed by atoms with Gasteiger partial charge in [0.05, 0.1) is 4.88 Å². The third-order valence-corrected chi connectivity index (χ3v) is 2.84. The zero-order valence-electron chi connectivity index (χ0n) is 5.35. The van der Waals surface area contributed by atoms with Crippen molar-refractivity contribution in [2.24, 2.45) is 0 Å². The summed E-state index contributed by atoms with van der Waals surface area (Å²) >= 11 is 16.0. The molecule has 1 aromatic heterocycles. The molecule has 5 heteroatoms. The van der Waals surface area contributed by atoms with E-state index in [2.05, 4.69) is 20.9 Å². The van der Waals surface area contributed by atoms with Crippen LogP contribution in [0.5, 0.6) is 0 Å². The lowest BCUT2D eigenvalue weighted by Gasteiger charge is -1.81. The van der Waals surface area contributed by atoms with Gasteiger partial charge in [-0.1, -0.05) is 45.2 Å². The Balaban J connectivity index is 2.85. The SMILES string of the molecule is Clc1nc(Cl)c(C=CCBr)s1. The van der Waals surface area contributed by atoms with Crippen LogP contribution >= 0.6 is 50.5 Å². The average Bonchev–Trinajstić information content (AvgIpc) is 2.26. The average molecular weight is 273 g/mol. The molecule has 0 fully saturated rings. The molecule has 1 nitrogen and oxygen atoms in total. The van der Waals surface area contributed by atoms with E-state index in [-0.39, 0.29) is 0 Å². The largest absolute Gasteiger partial charge is 0.212 e. The highest BCUT2D eigenvalue weighted by Gasteiger charge is 2.02. The van der Waals surface area contributed by atoms with Crippen molar-refractivity contribution in [2.45, 2.75) is 0 Å². The maximum atomic E-state index is 5.73. The van der Waals surface area contributed by atoms with Crippen molar-refractivity contribution >= 4 is 56.5 Å². The third-order valence-electron chi connectivity index (χ3n) is 0.942. The second kappa shape index (κ2) is 4.45. The topological polar surface area (TPSA) is 12.9 Å². The van der Waals surface area contributed by atoms with Crippen LogP contribution in [-0.4, -0.2) is 10.3 Å². The Hall–Kier alpha value is 0.430. The normalized spacial score (nSPS) is 11.2. The number of thiazole rings is 1. The molecule has 0 aliphatic rings. The second-order valence-electron chi connectivity index (χ2n) is 1.68. The van der Waals surface area contributed by atoms with Gasteiger partial charge < -0.3 is 0 Å². The number of hydrogen-bond acceptors (Lipinski definition) is 2. The molecule has 11 heavy (non-hydrogen) atoms. The summed E-state index contributed by atoms with van der Waals surface area (Å²) in [6.07, 6.45) is 3.83. The molecular weight excluding hydrogens is 269 g/mol. The number of nitrogens with zero attached hydrogens (tertiary/aromatic N) is 1. The van der Waals surface area contributed by atoms with Crippen molar-refractivity contribution in [1.29, 1.82) is 0 Å². The molecule has 0 saturated carbocycles. The summed E-state index contributed by atoms with van der Waals surface area (Å²) in [6, 6.07) is 0. The van der Waals surface area contributed by atoms with Gasteiger partial charge >= 0.3 is 0 Å². The molecular formula is C6H4BrCl2NS. The molecule has 0 spiro atoms. The number of aromatic nitrogens is 1. The lowest BCUT2D eigenvalue weighted by atomic mass is 10.5. The lowest BCUT2D eigenvalue weighted by molar-refractivity contribution is 1.42. The number of halogens is 3. The van der Waals surface area contributed by atoms with Crippen LogP contribution in [0.2, 0.25) is 9.62 Å². The standard InChI is InChI=1S/C6H4BrCl2NS/c7-3-1-2-4-5(8)10-6(9)11-4/h1-2H,3H2. The summed E-state index contributed by atoms with van der Waals surface area (Å²) < 4.78 is 0.476. The van der Waals surface area contributed by atoms with Gasteiger partial charge in [0.2, 0.25) is 0 Å². The molecule has 0 bridgehead atoms. The zero-order chi connectivity index (χ0) is 8.27. The summed E-state index contributed by atoms with van der Waals surface area (Å²) in [4.78, 5) is 4.75. The van der Waals surface area contributed by atoms with Crippen LogP contribution in [0.25, 0.3) is 6.08 Å². The molecule has 1 heterocycles. The summed E-state index contributed by atoms with van der Waals surface area (Å²) in [5, 5.41) is 1.27. The molecule has 0 atom stereocenters. The monoisotopic (exact) mass is 271 g/mol. The Labute approximate surface area is 87.2 Å². The van der Waals surface area contributed by atoms with Gasteiger partial charge in [-0.05, 0) is 6.08 Å². The van der Waals surface area contributed by atoms with Crippen molar-refractivity contribution < 1.29 is 0 Å². The fourth-order valence-electron chi connectivity index (χ4n) is 0.542. The fraction of sp³-hybridized carbons (Fsp3) is 0.167. The van der Waals surface area contributed by atoms with Crippen molar-refractivity contribution in [1.82, 2.24) is 4.98 Å². The molecule has 0 aliphatic carbocycles. The number of alkyl halides is 1. The summed E-state index contributed by atoms with van der Waals surface area (Å²) in [5.41, 5.74) is 0. The minimum absolute atomic E-state index is 0.470. The smallest absolute Gasteiger partial charge is 0.185 e. The van der Waals surface area contributed by atoms with Crippen molar-refractivity contribution in [3.05, 3.63) is 20.6 Å². The quantitative estimate of drug-likeness (QED) is 0.745. The van der Waals surface area contributed by atoms with E-state index >= 15 is 0 Å². The Morgan fingerprint density at radius 3 is 2.73 bits per heavy atom. The zero-order valence-corrected chi connectivity index (χ0v) is 9.27. The molecule has 0 amide bonds. The van der Waals surface area contributed by atoms with E-state index < -0.39 is 0 Å². The molecule has 0 aliphatic heterocycles. The van der Waals surface area contributed by atoms with Gasteiger partial charge in [0.25, 0.3) is 0 Å². The molecule has 0 unspecified atom stereocenters. The highest BCUT2D eigenvalue weighted by molar-refractivity contribution is 9.09. The minimum atomic E-state index is 0.470. The molecule has 60 valence electrons. The van der Waals surface area contributed by atoms with Crippen molar-refractivity contribution in [3.63, 3.8) is 0 Å². The number of allylic oxidation sites excluding steroid dienone is 1. The van der Waals surface area contributed by atoms with Crippen molar-refractivity contribution in [2.75, 3.05) is 5.33 Å². The van der Waals surface area contributed by atoms with Gasteiger partial charge in [0, 0.05) is 5.33 Å². The molecule has 0 radical (unpaired) electrons. The van der Waals surface area contributed by atoms with Gasteiger partial charge in [-0.25, -0.2) is 4.98 Å². The Kier molecular flexibility index (Phi) is 3.85. The Morgan fingerprint density at radius 1 is 1.55 bits per heavy atom. The van der Waals surface area contributed by atoms with Crippen LogP contribution in [-0.2, 0) is 0 Å². The number of hydrogen-bond donors (Lipinski definition) is 0. The molecule has 0 aromatic carbocycles. The van der Waals surface area contributed by atoms with Gasteiger partial charge in [-0.15, -0.1) is 11.3 Å². The first-order valence-corrected chi connectivity index (χ1v) is 5.47. The summed E-state index contributed by atoms with van der Waals surface area (Å²) in [5.74, 6) is 0. The van der Waals surface area contributed by atoms with Crippen LogP contribution in [0, 0.1) is 0 Å². The van der Waals surface area contributed by atoms with Crippen molar-refractivity contribution in [3.8, 4) is 0 Å². The van der Waals surface area contributed by atoms with Gasteiger partial charge in [-0.3, -0.25) is 0 Å². The van der Waals surface area contributed by atoms with Gasteiger partial charge in [0.15, 0.2) is 4.47 Å². The molecule has 1 aromatic rings. The highest BCUT2D eigenvalue weighted by Crippen LogP contribution is 2.27. The molecule has 1 rings (SSSR count). The van der Waals surface area contributed by atoms with Gasteiger partial charge in [0.1, 0.15) is 5.15 Å². The lowest BCUT2D eigenvalue weighted by Crippen LogP contribution is -1.65. The maximum Gasteiger partial charge on any atom is 0.185 e.